The fourth-order valence-electron chi connectivity index (χ4n) is 1.34. The lowest BCUT2D eigenvalue weighted by Crippen LogP contribution is -1.94. The third-order valence-corrected chi connectivity index (χ3v) is 2.13. The van der Waals surface area contributed by atoms with Gasteiger partial charge < -0.3 is 10.5 Å². The maximum Gasteiger partial charge on any atom is 0.255 e. The second-order valence-electron chi connectivity index (χ2n) is 3.42. The summed E-state index contributed by atoms with van der Waals surface area (Å²) in [6.07, 6.45) is 1.48. The number of nitrogens with two attached hydrogens (primary N) is 1. The number of anilines is 1. The summed E-state index contributed by atoms with van der Waals surface area (Å²) in [6.45, 7) is 1.84. The first kappa shape index (κ1) is 10.4. The van der Waals surface area contributed by atoms with Crippen LogP contribution in [0.1, 0.15) is 5.56 Å². The molecule has 0 fully saturated rings. The molecule has 4 heteroatoms. The minimum absolute atomic E-state index is 0.0321. The van der Waals surface area contributed by atoms with Crippen LogP contribution in [0.3, 0.4) is 0 Å². The van der Waals surface area contributed by atoms with Gasteiger partial charge in [0.1, 0.15) is 5.75 Å². The Bertz CT molecular complexity index is 514. The summed E-state index contributed by atoms with van der Waals surface area (Å²) < 4.78 is 18.6. The molecular weight excluding hydrogens is 207 g/mol. The van der Waals surface area contributed by atoms with Gasteiger partial charge in [-0.3, -0.25) is 0 Å². The quantitative estimate of drug-likeness (QED) is 0.788. The molecule has 0 amide bonds. The van der Waals surface area contributed by atoms with Crippen LogP contribution in [0, 0.1) is 12.7 Å². The zero-order valence-electron chi connectivity index (χ0n) is 8.77. The van der Waals surface area contributed by atoms with Crippen molar-refractivity contribution >= 4 is 5.69 Å². The molecule has 2 aromatic rings. The zero-order valence-corrected chi connectivity index (χ0v) is 8.77. The van der Waals surface area contributed by atoms with E-state index in [2.05, 4.69) is 4.98 Å². The van der Waals surface area contributed by atoms with Gasteiger partial charge in [-0.05, 0) is 42.8 Å². The third-order valence-electron chi connectivity index (χ3n) is 2.13. The minimum atomic E-state index is -0.487. The molecule has 1 aromatic carbocycles. The van der Waals surface area contributed by atoms with E-state index in [1.54, 1.807) is 18.2 Å². The van der Waals surface area contributed by atoms with Crippen molar-refractivity contribution in [3.63, 3.8) is 0 Å². The number of pyridine rings is 1. The molecular formula is C12H11FN2O. The van der Waals surface area contributed by atoms with Gasteiger partial charge in [0.2, 0.25) is 0 Å². The summed E-state index contributed by atoms with van der Waals surface area (Å²) in [4.78, 5) is 3.81. The standard InChI is InChI=1S/C12H11FN2O/c1-8-7-9(14)4-5-11(8)16-12-10(13)3-2-6-15-12/h2-7H,14H2,1H3. The predicted octanol–water partition coefficient (Wildman–Crippen LogP) is 2.90. The average Bonchev–Trinajstić information content (AvgIpc) is 2.25. The van der Waals surface area contributed by atoms with E-state index in [1.807, 2.05) is 6.92 Å². The zero-order chi connectivity index (χ0) is 11.5. The van der Waals surface area contributed by atoms with Crippen molar-refractivity contribution in [2.45, 2.75) is 6.92 Å². The van der Waals surface area contributed by atoms with Crippen LogP contribution in [0.5, 0.6) is 11.6 Å². The molecule has 3 nitrogen and oxygen atoms in total. The maximum absolute atomic E-state index is 13.3. The van der Waals surface area contributed by atoms with Gasteiger partial charge in [-0.1, -0.05) is 0 Å². The van der Waals surface area contributed by atoms with Gasteiger partial charge in [0.15, 0.2) is 5.82 Å². The molecule has 0 aliphatic heterocycles. The van der Waals surface area contributed by atoms with Crippen molar-refractivity contribution in [1.29, 1.82) is 0 Å². The number of nitrogens with zero attached hydrogens (tertiary/aromatic N) is 1. The molecule has 0 spiro atoms. The van der Waals surface area contributed by atoms with E-state index in [-0.39, 0.29) is 5.88 Å². The highest BCUT2D eigenvalue weighted by atomic mass is 19.1. The molecule has 0 saturated carbocycles. The van der Waals surface area contributed by atoms with E-state index < -0.39 is 5.82 Å². The van der Waals surface area contributed by atoms with Crippen molar-refractivity contribution in [3.05, 3.63) is 47.9 Å². The van der Waals surface area contributed by atoms with Gasteiger partial charge in [0, 0.05) is 11.9 Å². The van der Waals surface area contributed by atoms with Crippen LogP contribution in [0.15, 0.2) is 36.5 Å². The lowest BCUT2D eigenvalue weighted by atomic mass is 10.2. The van der Waals surface area contributed by atoms with E-state index in [0.717, 1.165) is 5.56 Å². The molecule has 2 rings (SSSR count). The Balaban J connectivity index is 2.31. The van der Waals surface area contributed by atoms with Gasteiger partial charge in [-0.15, -0.1) is 0 Å². The smallest absolute Gasteiger partial charge is 0.255 e. The van der Waals surface area contributed by atoms with Crippen molar-refractivity contribution in [2.24, 2.45) is 0 Å². The molecule has 2 N–H and O–H groups in total. The number of halogens is 1. The fraction of sp³-hybridized carbons (Fsp3) is 0.0833. The van der Waals surface area contributed by atoms with Crippen LogP contribution >= 0.6 is 0 Å². The second-order valence-corrected chi connectivity index (χ2v) is 3.42. The van der Waals surface area contributed by atoms with Crippen LogP contribution in [0.25, 0.3) is 0 Å². The Morgan fingerprint density at radius 3 is 2.81 bits per heavy atom. The van der Waals surface area contributed by atoms with Gasteiger partial charge in [-0.2, -0.15) is 0 Å². The molecule has 16 heavy (non-hydrogen) atoms. The molecule has 0 unspecified atom stereocenters. The number of ether oxygens (including phenoxy) is 1. The number of hydrogen-bond donors (Lipinski definition) is 1. The number of nitrogen functional groups attached to an aromatic ring is 1. The van der Waals surface area contributed by atoms with Crippen LogP contribution in [0.2, 0.25) is 0 Å². The Morgan fingerprint density at radius 2 is 2.12 bits per heavy atom. The fourth-order valence-corrected chi connectivity index (χ4v) is 1.34. The largest absolute Gasteiger partial charge is 0.436 e. The van der Waals surface area contributed by atoms with E-state index in [4.69, 9.17) is 10.5 Å². The van der Waals surface area contributed by atoms with E-state index >= 15 is 0 Å². The number of hydrogen-bond acceptors (Lipinski definition) is 3. The maximum atomic E-state index is 13.3. The average molecular weight is 218 g/mol. The lowest BCUT2D eigenvalue weighted by Gasteiger charge is -2.08. The number of rotatable bonds is 2. The van der Waals surface area contributed by atoms with Gasteiger partial charge in [0.25, 0.3) is 5.88 Å². The lowest BCUT2D eigenvalue weighted by molar-refractivity contribution is 0.420. The summed E-state index contributed by atoms with van der Waals surface area (Å²) in [5.74, 6) is 0.0286. The molecule has 0 saturated heterocycles. The van der Waals surface area contributed by atoms with Crippen LogP contribution in [0.4, 0.5) is 10.1 Å². The second kappa shape index (κ2) is 4.18. The number of aromatic nitrogens is 1. The van der Waals surface area contributed by atoms with Crippen molar-refractivity contribution in [2.75, 3.05) is 5.73 Å². The van der Waals surface area contributed by atoms with Gasteiger partial charge in [-0.25, -0.2) is 9.37 Å². The Morgan fingerprint density at radius 1 is 1.31 bits per heavy atom. The van der Waals surface area contributed by atoms with Gasteiger partial charge >= 0.3 is 0 Å². The summed E-state index contributed by atoms with van der Waals surface area (Å²) in [5.41, 5.74) is 7.09. The highest BCUT2D eigenvalue weighted by molar-refractivity contribution is 5.48. The van der Waals surface area contributed by atoms with Crippen molar-refractivity contribution in [1.82, 2.24) is 4.98 Å². The van der Waals surface area contributed by atoms with Crippen LogP contribution in [-0.2, 0) is 0 Å². The Labute approximate surface area is 92.7 Å². The monoisotopic (exact) mass is 218 g/mol. The molecule has 1 heterocycles. The molecule has 0 bridgehead atoms. The van der Waals surface area contributed by atoms with Crippen LogP contribution < -0.4 is 10.5 Å². The molecule has 0 aliphatic carbocycles. The van der Waals surface area contributed by atoms with Crippen molar-refractivity contribution in [3.8, 4) is 11.6 Å². The number of aryl methyl sites for hydroxylation is 1. The van der Waals surface area contributed by atoms with E-state index in [9.17, 15) is 4.39 Å². The SMILES string of the molecule is Cc1cc(N)ccc1Oc1ncccc1F. The third kappa shape index (κ3) is 2.11. The summed E-state index contributed by atoms with van der Waals surface area (Å²) in [7, 11) is 0. The van der Waals surface area contributed by atoms with Crippen LogP contribution in [-0.4, -0.2) is 4.98 Å². The number of benzene rings is 1. The normalized spacial score (nSPS) is 10.1. The van der Waals surface area contributed by atoms with E-state index in [0.29, 0.717) is 11.4 Å². The highest BCUT2D eigenvalue weighted by Gasteiger charge is 2.07. The topological polar surface area (TPSA) is 48.1 Å². The molecule has 0 atom stereocenters. The Kier molecular flexibility index (Phi) is 2.72. The highest BCUT2D eigenvalue weighted by Crippen LogP contribution is 2.26. The first-order valence-corrected chi connectivity index (χ1v) is 4.81. The van der Waals surface area contributed by atoms with E-state index in [1.165, 1.54) is 18.3 Å². The van der Waals surface area contributed by atoms with Gasteiger partial charge in [0.05, 0.1) is 0 Å². The summed E-state index contributed by atoms with van der Waals surface area (Å²) in [6, 6.07) is 7.96. The predicted molar refractivity (Wildman–Crippen MR) is 59.9 cm³/mol. The summed E-state index contributed by atoms with van der Waals surface area (Å²) in [5, 5.41) is 0. The first-order chi connectivity index (χ1) is 7.66. The molecule has 0 aliphatic rings. The Hall–Kier alpha value is -2.10. The molecule has 1 aromatic heterocycles. The van der Waals surface area contributed by atoms with Crippen molar-refractivity contribution < 1.29 is 9.13 Å². The first-order valence-electron chi connectivity index (χ1n) is 4.81. The molecule has 82 valence electrons. The molecule has 0 radical (unpaired) electrons. The summed E-state index contributed by atoms with van der Waals surface area (Å²) >= 11 is 0. The minimum Gasteiger partial charge on any atom is -0.436 e.